The fourth-order valence-electron chi connectivity index (χ4n) is 3.45. The number of urea groups is 1. The van der Waals surface area contributed by atoms with Crippen molar-refractivity contribution in [1.82, 2.24) is 10.2 Å². The zero-order chi connectivity index (χ0) is 17.3. The maximum Gasteiger partial charge on any atom is 0.317 e. The number of para-hydroxylation sites is 1. The molecule has 1 atom stereocenters. The maximum absolute atomic E-state index is 12.7. The van der Waals surface area contributed by atoms with Gasteiger partial charge in [-0.25, -0.2) is 4.79 Å². The number of anilines is 1. The van der Waals surface area contributed by atoms with Gasteiger partial charge in [0.25, 0.3) is 0 Å². The smallest absolute Gasteiger partial charge is 0.317 e. The second-order valence-corrected chi connectivity index (χ2v) is 8.33. The lowest BCUT2D eigenvalue weighted by Crippen LogP contribution is -2.57. The SMILES string of the molecule is CC(C)NC(=O)N1CCC2(CC1)N(c1ccccc1)C(=O)CS2=O. The largest absolute Gasteiger partial charge is 0.336 e. The van der Waals surface area contributed by atoms with Crippen LogP contribution in [0.1, 0.15) is 26.7 Å². The first-order valence-corrected chi connectivity index (χ1v) is 9.58. The Morgan fingerprint density at radius 2 is 1.83 bits per heavy atom. The molecule has 1 spiro atoms. The summed E-state index contributed by atoms with van der Waals surface area (Å²) < 4.78 is 12.7. The second kappa shape index (κ2) is 6.55. The molecule has 0 radical (unpaired) electrons. The van der Waals surface area contributed by atoms with Crippen molar-refractivity contribution in [2.45, 2.75) is 37.6 Å². The molecule has 2 fully saturated rings. The van der Waals surface area contributed by atoms with Gasteiger partial charge in [-0.15, -0.1) is 0 Å². The van der Waals surface area contributed by atoms with Crippen LogP contribution in [0, 0.1) is 0 Å². The molecule has 3 amide bonds. The molecule has 2 aliphatic heterocycles. The summed E-state index contributed by atoms with van der Waals surface area (Å²) >= 11 is 0. The molecule has 0 aromatic heterocycles. The summed E-state index contributed by atoms with van der Waals surface area (Å²) in [5.41, 5.74) is 0.786. The normalized spacial score (nSPS) is 23.1. The third kappa shape index (κ3) is 2.92. The molecule has 1 N–H and O–H groups in total. The van der Waals surface area contributed by atoms with Gasteiger partial charge in [0.2, 0.25) is 5.91 Å². The number of amides is 3. The quantitative estimate of drug-likeness (QED) is 0.883. The Kier molecular flexibility index (Phi) is 4.62. The predicted octanol–water partition coefficient (Wildman–Crippen LogP) is 1.69. The summed E-state index contributed by atoms with van der Waals surface area (Å²) in [6.07, 6.45) is 1.07. The number of rotatable bonds is 2. The molecule has 3 rings (SSSR count). The lowest BCUT2D eigenvalue weighted by atomic mass is 10.0. The van der Waals surface area contributed by atoms with E-state index in [1.54, 1.807) is 9.80 Å². The highest BCUT2D eigenvalue weighted by molar-refractivity contribution is 7.88. The van der Waals surface area contributed by atoms with Crippen molar-refractivity contribution in [3.8, 4) is 0 Å². The van der Waals surface area contributed by atoms with Crippen LogP contribution in [0.5, 0.6) is 0 Å². The highest BCUT2D eigenvalue weighted by Gasteiger charge is 2.53. The summed E-state index contributed by atoms with van der Waals surface area (Å²) in [7, 11) is -1.25. The molecule has 0 bridgehead atoms. The van der Waals surface area contributed by atoms with E-state index in [-0.39, 0.29) is 23.7 Å². The molecule has 2 aliphatic rings. The van der Waals surface area contributed by atoms with Gasteiger partial charge in [-0.05, 0) is 26.0 Å². The minimum atomic E-state index is -1.25. The van der Waals surface area contributed by atoms with Crippen molar-refractivity contribution >= 4 is 28.4 Å². The van der Waals surface area contributed by atoms with E-state index in [1.807, 2.05) is 44.2 Å². The van der Waals surface area contributed by atoms with Crippen LogP contribution in [0.2, 0.25) is 0 Å². The zero-order valence-electron chi connectivity index (χ0n) is 14.0. The topological polar surface area (TPSA) is 69.7 Å². The van der Waals surface area contributed by atoms with Crippen LogP contribution in [-0.2, 0) is 15.6 Å². The third-order valence-corrected chi connectivity index (χ3v) is 6.54. The van der Waals surface area contributed by atoms with Gasteiger partial charge < -0.3 is 10.2 Å². The number of hydrogen-bond donors (Lipinski definition) is 1. The van der Waals surface area contributed by atoms with Crippen LogP contribution < -0.4 is 10.2 Å². The molecule has 1 aromatic carbocycles. The number of nitrogens with one attached hydrogen (secondary N) is 1. The van der Waals surface area contributed by atoms with Crippen LogP contribution in [0.15, 0.2) is 30.3 Å². The summed E-state index contributed by atoms with van der Waals surface area (Å²) in [6.45, 7) is 4.85. The molecule has 1 aromatic rings. The van der Waals surface area contributed by atoms with Gasteiger partial charge in [0, 0.05) is 37.7 Å². The molecular weight excluding hydrogens is 326 g/mol. The average molecular weight is 349 g/mol. The Morgan fingerprint density at radius 3 is 2.42 bits per heavy atom. The number of nitrogens with zero attached hydrogens (tertiary/aromatic N) is 2. The second-order valence-electron chi connectivity index (χ2n) is 6.59. The summed E-state index contributed by atoms with van der Waals surface area (Å²) in [5, 5.41) is 2.88. The Hall–Kier alpha value is -1.89. The van der Waals surface area contributed by atoms with E-state index >= 15 is 0 Å². The van der Waals surface area contributed by atoms with E-state index in [1.165, 1.54) is 0 Å². The van der Waals surface area contributed by atoms with Crippen molar-refractivity contribution in [2.75, 3.05) is 23.7 Å². The summed E-state index contributed by atoms with van der Waals surface area (Å²) in [4.78, 5) is 27.4. The average Bonchev–Trinajstić information content (AvgIpc) is 2.78. The first kappa shape index (κ1) is 17.0. The molecular formula is C17H23N3O3S. The lowest BCUT2D eigenvalue weighted by molar-refractivity contribution is -0.116. The van der Waals surface area contributed by atoms with Crippen molar-refractivity contribution in [1.29, 1.82) is 0 Å². The van der Waals surface area contributed by atoms with E-state index in [9.17, 15) is 13.8 Å². The summed E-state index contributed by atoms with van der Waals surface area (Å²) in [5.74, 6) is -0.0350. The highest BCUT2D eigenvalue weighted by Crippen LogP contribution is 2.40. The monoisotopic (exact) mass is 349 g/mol. The molecule has 0 saturated carbocycles. The number of carbonyl (C=O) groups excluding carboxylic acids is 2. The van der Waals surface area contributed by atoms with Crippen LogP contribution in [0.4, 0.5) is 10.5 Å². The first-order chi connectivity index (χ1) is 11.4. The number of likely N-dealkylation sites (tertiary alicyclic amines) is 1. The Balaban J connectivity index is 1.81. The Labute approximate surface area is 144 Å². The molecule has 130 valence electrons. The maximum atomic E-state index is 12.7. The fraction of sp³-hybridized carbons (Fsp3) is 0.529. The van der Waals surface area contributed by atoms with Gasteiger partial charge in [0.05, 0.1) is 10.8 Å². The molecule has 24 heavy (non-hydrogen) atoms. The van der Waals surface area contributed by atoms with Gasteiger partial charge in [-0.2, -0.15) is 0 Å². The van der Waals surface area contributed by atoms with E-state index in [0.29, 0.717) is 25.9 Å². The third-order valence-electron chi connectivity index (χ3n) is 4.59. The molecule has 2 saturated heterocycles. The van der Waals surface area contributed by atoms with Gasteiger partial charge in [0.1, 0.15) is 10.6 Å². The number of hydrogen-bond acceptors (Lipinski definition) is 3. The van der Waals surface area contributed by atoms with Gasteiger partial charge in [-0.3, -0.25) is 13.9 Å². The van der Waals surface area contributed by atoms with E-state index < -0.39 is 15.7 Å². The van der Waals surface area contributed by atoms with Crippen molar-refractivity contribution in [2.24, 2.45) is 0 Å². The Morgan fingerprint density at radius 1 is 1.21 bits per heavy atom. The van der Waals surface area contributed by atoms with Crippen LogP contribution >= 0.6 is 0 Å². The Bertz CT molecular complexity index is 654. The summed E-state index contributed by atoms with van der Waals surface area (Å²) in [6, 6.07) is 9.38. The zero-order valence-corrected chi connectivity index (χ0v) is 14.8. The van der Waals surface area contributed by atoms with E-state index in [0.717, 1.165) is 5.69 Å². The van der Waals surface area contributed by atoms with Crippen molar-refractivity contribution in [3.05, 3.63) is 30.3 Å². The number of carbonyl (C=O) groups is 2. The number of piperidine rings is 1. The van der Waals surface area contributed by atoms with Crippen LogP contribution in [-0.4, -0.2) is 50.8 Å². The van der Waals surface area contributed by atoms with Crippen molar-refractivity contribution < 1.29 is 13.8 Å². The first-order valence-electron chi connectivity index (χ1n) is 8.26. The van der Waals surface area contributed by atoms with Gasteiger partial charge >= 0.3 is 6.03 Å². The van der Waals surface area contributed by atoms with Crippen LogP contribution in [0.3, 0.4) is 0 Å². The van der Waals surface area contributed by atoms with E-state index in [2.05, 4.69) is 5.32 Å². The van der Waals surface area contributed by atoms with Crippen LogP contribution in [0.25, 0.3) is 0 Å². The predicted molar refractivity (Wildman–Crippen MR) is 94.1 cm³/mol. The molecule has 1 unspecified atom stereocenters. The molecule has 7 heteroatoms. The van der Waals surface area contributed by atoms with Gasteiger partial charge in [0.15, 0.2) is 0 Å². The van der Waals surface area contributed by atoms with E-state index in [4.69, 9.17) is 0 Å². The minimum absolute atomic E-state index is 0.0626. The molecule has 0 aliphatic carbocycles. The van der Waals surface area contributed by atoms with Gasteiger partial charge in [-0.1, -0.05) is 18.2 Å². The molecule has 2 heterocycles. The fourth-order valence-corrected chi connectivity index (χ4v) is 5.12. The number of benzene rings is 1. The van der Waals surface area contributed by atoms with Crippen molar-refractivity contribution in [3.63, 3.8) is 0 Å². The highest BCUT2D eigenvalue weighted by atomic mass is 32.2. The standard InChI is InChI=1S/C17H23N3O3S/c1-13(2)18-16(22)19-10-8-17(9-11-19)20(15(21)12-24(17)23)14-6-4-3-5-7-14/h3-7,13H,8-12H2,1-2H3,(H,18,22). The lowest BCUT2D eigenvalue weighted by Gasteiger charge is -2.43. The minimum Gasteiger partial charge on any atom is -0.336 e. The molecule has 6 nitrogen and oxygen atoms in total.